The van der Waals surface area contributed by atoms with Gasteiger partial charge in [0.1, 0.15) is 0 Å². The van der Waals surface area contributed by atoms with Crippen LogP contribution >= 0.6 is 0 Å². The minimum atomic E-state index is -4.38. The molecule has 1 saturated carbocycles. The van der Waals surface area contributed by atoms with Gasteiger partial charge in [-0.05, 0) is 30.0 Å². The number of carbonyl (C=O) groups excluding carboxylic acids is 1. The van der Waals surface area contributed by atoms with Gasteiger partial charge in [0, 0.05) is 12.5 Å². The van der Waals surface area contributed by atoms with Gasteiger partial charge in [-0.15, -0.1) is 0 Å². The minimum Gasteiger partial charge on any atom is -0.479 e. The van der Waals surface area contributed by atoms with E-state index in [1.54, 1.807) is 0 Å². The number of amides is 1. The lowest BCUT2D eigenvalue weighted by molar-refractivity contribution is -0.159. The van der Waals surface area contributed by atoms with Gasteiger partial charge in [-0.25, -0.2) is 4.79 Å². The zero-order chi connectivity index (χ0) is 17.5. The molecule has 8 heteroatoms. The second kappa shape index (κ2) is 6.08. The summed E-state index contributed by atoms with van der Waals surface area (Å²) in [6.45, 7) is 0.504. The molecule has 0 radical (unpaired) electrons. The van der Waals surface area contributed by atoms with E-state index in [2.05, 4.69) is 0 Å². The Morgan fingerprint density at radius 1 is 1.21 bits per heavy atom. The Morgan fingerprint density at radius 2 is 1.88 bits per heavy atom. The number of morpholine rings is 1. The first kappa shape index (κ1) is 16.8. The fourth-order valence-corrected chi connectivity index (χ4v) is 2.99. The molecule has 1 aliphatic carbocycles. The molecule has 0 unspecified atom stereocenters. The highest BCUT2D eigenvalue weighted by Gasteiger charge is 2.47. The van der Waals surface area contributed by atoms with Crippen LogP contribution in [0.15, 0.2) is 24.3 Å². The van der Waals surface area contributed by atoms with Crippen molar-refractivity contribution in [2.45, 2.75) is 24.6 Å². The van der Waals surface area contributed by atoms with Crippen molar-refractivity contribution in [3.05, 3.63) is 35.4 Å². The van der Waals surface area contributed by atoms with Crippen LogP contribution in [0.5, 0.6) is 0 Å². The first-order chi connectivity index (χ1) is 11.3. The molecule has 130 valence electrons. The van der Waals surface area contributed by atoms with Gasteiger partial charge in [0.05, 0.1) is 18.7 Å². The average Bonchev–Trinajstić information content (AvgIpc) is 3.34. The minimum absolute atomic E-state index is 0.00436. The van der Waals surface area contributed by atoms with Gasteiger partial charge in [0.2, 0.25) is 5.91 Å². The van der Waals surface area contributed by atoms with Gasteiger partial charge < -0.3 is 14.7 Å². The summed E-state index contributed by atoms with van der Waals surface area (Å²) in [4.78, 5) is 24.9. The van der Waals surface area contributed by atoms with Crippen molar-refractivity contribution in [3.8, 4) is 0 Å². The quantitative estimate of drug-likeness (QED) is 0.913. The van der Waals surface area contributed by atoms with Crippen LogP contribution < -0.4 is 0 Å². The fraction of sp³-hybridized carbons (Fsp3) is 0.500. The predicted molar refractivity (Wildman–Crippen MR) is 76.2 cm³/mol. The third-order valence-corrected chi connectivity index (χ3v) is 4.43. The molecule has 0 aromatic heterocycles. The SMILES string of the molecule is O=C(O)[C@@H]1CN(C(=O)[C@H]2C[C@@H]2c2ccc(C(F)(F)F)cc2)CCO1. The van der Waals surface area contributed by atoms with Crippen molar-refractivity contribution in [2.75, 3.05) is 19.7 Å². The molecule has 1 heterocycles. The molecule has 1 aromatic carbocycles. The molecular formula is C16H16F3NO4. The number of benzene rings is 1. The van der Waals surface area contributed by atoms with Crippen LogP contribution in [0.1, 0.15) is 23.5 Å². The molecule has 3 rings (SSSR count). The maximum atomic E-state index is 12.6. The van der Waals surface area contributed by atoms with Crippen molar-refractivity contribution in [2.24, 2.45) is 5.92 Å². The number of hydrogen-bond acceptors (Lipinski definition) is 3. The number of rotatable bonds is 3. The van der Waals surface area contributed by atoms with E-state index in [1.807, 2.05) is 0 Å². The third kappa shape index (κ3) is 3.38. The van der Waals surface area contributed by atoms with Crippen LogP contribution in [-0.2, 0) is 20.5 Å². The summed E-state index contributed by atoms with van der Waals surface area (Å²) >= 11 is 0. The van der Waals surface area contributed by atoms with Gasteiger partial charge >= 0.3 is 12.1 Å². The van der Waals surface area contributed by atoms with E-state index in [0.29, 0.717) is 18.5 Å². The van der Waals surface area contributed by atoms with E-state index >= 15 is 0 Å². The summed E-state index contributed by atoms with van der Waals surface area (Å²) in [7, 11) is 0. The van der Waals surface area contributed by atoms with Crippen molar-refractivity contribution < 1.29 is 32.6 Å². The van der Waals surface area contributed by atoms with Gasteiger partial charge in [0.25, 0.3) is 0 Å². The number of carbonyl (C=O) groups is 2. The maximum absolute atomic E-state index is 12.6. The fourth-order valence-electron chi connectivity index (χ4n) is 2.99. The number of carboxylic acids is 1. The van der Waals surface area contributed by atoms with Gasteiger partial charge in [0.15, 0.2) is 6.10 Å². The van der Waals surface area contributed by atoms with Crippen LogP contribution in [-0.4, -0.2) is 47.7 Å². The topological polar surface area (TPSA) is 66.8 Å². The Hall–Kier alpha value is -2.09. The highest BCUT2D eigenvalue weighted by molar-refractivity contribution is 5.84. The van der Waals surface area contributed by atoms with Crippen molar-refractivity contribution >= 4 is 11.9 Å². The van der Waals surface area contributed by atoms with E-state index in [-0.39, 0.29) is 30.9 Å². The number of halogens is 3. The molecule has 1 N–H and O–H groups in total. The van der Waals surface area contributed by atoms with E-state index in [1.165, 1.54) is 17.0 Å². The maximum Gasteiger partial charge on any atom is 0.416 e. The third-order valence-electron chi connectivity index (χ3n) is 4.43. The number of nitrogens with zero attached hydrogens (tertiary/aromatic N) is 1. The number of ether oxygens (including phenoxy) is 1. The van der Waals surface area contributed by atoms with E-state index in [0.717, 1.165) is 12.1 Å². The van der Waals surface area contributed by atoms with E-state index in [4.69, 9.17) is 9.84 Å². The highest BCUT2D eigenvalue weighted by atomic mass is 19.4. The number of aliphatic carboxylic acids is 1. The Kier molecular flexibility index (Phi) is 4.25. The van der Waals surface area contributed by atoms with Crippen LogP contribution in [0.25, 0.3) is 0 Å². The number of alkyl halides is 3. The molecule has 2 fully saturated rings. The predicted octanol–water partition coefficient (Wildman–Crippen LogP) is 2.12. The Morgan fingerprint density at radius 3 is 2.46 bits per heavy atom. The zero-order valence-corrected chi connectivity index (χ0v) is 12.6. The highest BCUT2D eigenvalue weighted by Crippen LogP contribution is 2.49. The lowest BCUT2D eigenvalue weighted by Crippen LogP contribution is -2.49. The summed E-state index contributed by atoms with van der Waals surface area (Å²) in [5.74, 6) is -1.67. The largest absolute Gasteiger partial charge is 0.479 e. The Bertz CT molecular complexity index is 644. The Balaban J connectivity index is 1.62. The first-order valence-electron chi connectivity index (χ1n) is 7.57. The molecular weight excluding hydrogens is 327 g/mol. The molecule has 24 heavy (non-hydrogen) atoms. The summed E-state index contributed by atoms with van der Waals surface area (Å²) in [5.41, 5.74) is -0.0170. The molecule has 1 amide bonds. The molecule has 1 aromatic rings. The normalized spacial score (nSPS) is 27.0. The monoisotopic (exact) mass is 343 g/mol. The van der Waals surface area contributed by atoms with E-state index in [9.17, 15) is 22.8 Å². The molecule has 5 nitrogen and oxygen atoms in total. The van der Waals surface area contributed by atoms with Crippen molar-refractivity contribution in [3.63, 3.8) is 0 Å². The van der Waals surface area contributed by atoms with Crippen molar-refractivity contribution in [1.82, 2.24) is 4.90 Å². The molecule has 3 atom stereocenters. The van der Waals surface area contributed by atoms with Gasteiger partial charge in [-0.3, -0.25) is 4.79 Å². The second-order valence-corrected chi connectivity index (χ2v) is 6.05. The molecule has 0 bridgehead atoms. The average molecular weight is 343 g/mol. The molecule has 1 aliphatic heterocycles. The standard InChI is InChI=1S/C16H16F3NO4/c17-16(18,19)10-3-1-9(2-4-10)11-7-12(11)14(21)20-5-6-24-13(8-20)15(22)23/h1-4,11-13H,5-8H2,(H,22,23)/t11-,12+,13+/m1/s1. The summed E-state index contributed by atoms with van der Waals surface area (Å²) in [5, 5.41) is 8.96. The smallest absolute Gasteiger partial charge is 0.416 e. The summed E-state index contributed by atoms with van der Waals surface area (Å²) < 4.78 is 42.8. The summed E-state index contributed by atoms with van der Waals surface area (Å²) in [6.07, 6.45) is -4.83. The second-order valence-electron chi connectivity index (χ2n) is 6.05. The van der Waals surface area contributed by atoms with Crippen LogP contribution in [0.3, 0.4) is 0 Å². The number of carboxylic acid groups (broad SMARTS) is 1. The molecule has 0 spiro atoms. The van der Waals surface area contributed by atoms with Crippen molar-refractivity contribution in [1.29, 1.82) is 0 Å². The first-order valence-corrected chi connectivity index (χ1v) is 7.57. The molecule has 1 saturated heterocycles. The van der Waals surface area contributed by atoms with Crippen LogP contribution in [0.4, 0.5) is 13.2 Å². The lowest BCUT2D eigenvalue weighted by Gasteiger charge is -2.31. The van der Waals surface area contributed by atoms with Gasteiger partial charge in [-0.1, -0.05) is 12.1 Å². The van der Waals surface area contributed by atoms with E-state index < -0.39 is 23.8 Å². The number of hydrogen-bond donors (Lipinski definition) is 1. The summed E-state index contributed by atoms with van der Waals surface area (Å²) in [6, 6.07) is 4.84. The van der Waals surface area contributed by atoms with Crippen LogP contribution in [0, 0.1) is 5.92 Å². The van der Waals surface area contributed by atoms with Gasteiger partial charge in [-0.2, -0.15) is 13.2 Å². The lowest BCUT2D eigenvalue weighted by atomic mass is 10.1. The van der Waals surface area contributed by atoms with Crippen LogP contribution in [0.2, 0.25) is 0 Å². The molecule has 2 aliphatic rings. The Labute approximate surface area is 136 Å². The zero-order valence-electron chi connectivity index (χ0n) is 12.6.